The van der Waals surface area contributed by atoms with Crippen molar-refractivity contribution in [3.05, 3.63) is 47.3 Å². The van der Waals surface area contributed by atoms with Gasteiger partial charge in [-0.1, -0.05) is 6.07 Å². The van der Waals surface area contributed by atoms with Gasteiger partial charge in [-0.25, -0.2) is 19.2 Å². The van der Waals surface area contributed by atoms with Crippen LogP contribution in [-0.4, -0.2) is 39.0 Å². The molecular formula is C21H22FN5O2. The smallest absolute Gasteiger partial charge is 0.221 e. The standard InChI is InChI=1S/C21H22FN5O2/c1-12-20(26-19-7-4-14(23-3)8-18(19)22)24-11-25-21(12)29-17-9-15-5-6-16(10-17)27(15)13(2)28/h4,7-8,11,15-17H,5-6,9-10H2,1-2H3,(H,24,25,26)/t15-,16?,17+/m0/s1. The van der Waals surface area contributed by atoms with Crippen molar-refractivity contribution in [1.82, 2.24) is 14.9 Å². The maximum atomic E-state index is 14.2. The lowest BCUT2D eigenvalue weighted by molar-refractivity contribution is -0.134. The fourth-order valence-corrected chi connectivity index (χ4v) is 4.38. The highest BCUT2D eigenvalue weighted by Crippen LogP contribution is 2.38. The summed E-state index contributed by atoms with van der Waals surface area (Å²) in [6.07, 6.45) is 4.97. The Labute approximate surface area is 168 Å². The van der Waals surface area contributed by atoms with Gasteiger partial charge in [0.1, 0.15) is 24.1 Å². The molecule has 2 saturated heterocycles. The molecule has 1 amide bonds. The van der Waals surface area contributed by atoms with Crippen LogP contribution in [0, 0.1) is 19.3 Å². The summed E-state index contributed by atoms with van der Waals surface area (Å²) in [7, 11) is 0. The summed E-state index contributed by atoms with van der Waals surface area (Å²) >= 11 is 0. The van der Waals surface area contributed by atoms with E-state index < -0.39 is 5.82 Å². The zero-order valence-electron chi connectivity index (χ0n) is 16.4. The topological polar surface area (TPSA) is 71.7 Å². The van der Waals surface area contributed by atoms with Crippen molar-refractivity contribution in [2.24, 2.45) is 0 Å². The van der Waals surface area contributed by atoms with E-state index in [0.717, 1.165) is 25.7 Å². The third kappa shape index (κ3) is 3.73. The summed E-state index contributed by atoms with van der Waals surface area (Å²) in [6, 6.07) is 4.70. The molecule has 150 valence electrons. The first kappa shape index (κ1) is 19.1. The van der Waals surface area contributed by atoms with Crippen molar-refractivity contribution in [2.75, 3.05) is 5.32 Å². The minimum absolute atomic E-state index is 0.0146. The number of aromatic nitrogens is 2. The molecule has 2 bridgehead atoms. The molecule has 0 aliphatic carbocycles. The number of carbonyl (C=O) groups is 1. The van der Waals surface area contributed by atoms with Gasteiger partial charge in [0.2, 0.25) is 11.8 Å². The van der Waals surface area contributed by atoms with Crippen LogP contribution in [0.15, 0.2) is 24.5 Å². The van der Waals surface area contributed by atoms with Gasteiger partial charge in [-0.3, -0.25) is 4.79 Å². The van der Waals surface area contributed by atoms with Crippen LogP contribution < -0.4 is 10.1 Å². The van der Waals surface area contributed by atoms with E-state index in [0.29, 0.717) is 17.3 Å². The fraction of sp³-hybridized carbons (Fsp3) is 0.429. The molecule has 3 heterocycles. The van der Waals surface area contributed by atoms with Crippen LogP contribution in [-0.2, 0) is 4.79 Å². The van der Waals surface area contributed by atoms with E-state index >= 15 is 0 Å². The summed E-state index contributed by atoms with van der Waals surface area (Å²) in [5, 5.41) is 2.96. The molecule has 2 aliphatic rings. The number of halogens is 1. The molecule has 3 atom stereocenters. The number of rotatable bonds is 4. The van der Waals surface area contributed by atoms with E-state index in [1.165, 1.54) is 18.5 Å². The Hall–Kier alpha value is -3.21. The number of fused-ring (bicyclic) bond motifs is 2. The summed E-state index contributed by atoms with van der Waals surface area (Å²) in [4.78, 5) is 25.6. The van der Waals surface area contributed by atoms with Crippen LogP contribution in [0.2, 0.25) is 0 Å². The molecule has 1 aromatic carbocycles. The van der Waals surface area contributed by atoms with E-state index in [9.17, 15) is 9.18 Å². The highest BCUT2D eigenvalue weighted by molar-refractivity contribution is 5.74. The summed E-state index contributed by atoms with van der Waals surface area (Å²) < 4.78 is 20.4. The highest BCUT2D eigenvalue weighted by Gasteiger charge is 2.43. The molecule has 0 radical (unpaired) electrons. The Morgan fingerprint density at radius 1 is 1.31 bits per heavy atom. The Morgan fingerprint density at radius 2 is 2.03 bits per heavy atom. The van der Waals surface area contributed by atoms with Crippen LogP contribution in [0.4, 0.5) is 21.6 Å². The zero-order valence-corrected chi connectivity index (χ0v) is 16.4. The molecule has 1 aromatic heterocycles. The third-order valence-electron chi connectivity index (χ3n) is 5.70. The van der Waals surface area contributed by atoms with Gasteiger partial charge in [0.05, 0.1) is 17.8 Å². The lowest BCUT2D eigenvalue weighted by Gasteiger charge is -2.38. The van der Waals surface area contributed by atoms with Crippen molar-refractivity contribution in [2.45, 2.75) is 57.7 Å². The first-order valence-corrected chi connectivity index (χ1v) is 9.67. The van der Waals surface area contributed by atoms with Gasteiger partial charge in [-0.15, -0.1) is 0 Å². The number of hydrogen-bond acceptors (Lipinski definition) is 5. The summed E-state index contributed by atoms with van der Waals surface area (Å²) in [5.41, 5.74) is 1.16. The maximum absolute atomic E-state index is 14.2. The largest absolute Gasteiger partial charge is 0.474 e. The first-order chi connectivity index (χ1) is 14.0. The Bertz CT molecular complexity index is 976. The highest BCUT2D eigenvalue weighted by atomic mass is 19.1. The molecule has 4 rings (SSSR count). The SMILES string of the molecule is [C-]#[N+]c1ccc(Nc2ncnc(O[C@H]3CC4CC[C@@H](C3)N4C(C)=O)c2C)c(F)c1. The Kier molecular flexibility index (Phi) is 5.05. The third-order valence-corrected chi connectivity index (χ3v) is 5.70. The predicted molar refractivity (Wildman–Crippen MR) is 106 cm³/mol. The number of amides is 1. The van der Waals surface area contributed by atoms with Crippen molar-refractivity contribution in [1.29, 1.82) is 0 Å². The molecule has 7 nitrogen and oxygen atoms in total. The number of benzene rings is 1. The van der Waals surface area contributed by atoms with E-state index in [-0.39, 0.29) is 35.5 Å². The van der Waals surface area contributed by atoms with Crippen molar-refractivity contribution in [3.8, 4) is 5.88 Å². The minimum Gasteiger partial charge on any atom is -0.474 e. The van der Waals surface area contributed by atoms with Gasteiger partial charge in [-0.2, -0.15) is 0 Å². The maximum Gasteiger partial charge on any atom is 0.221 e. The number of ether oxygens (including phenoxy) is 1. The first-order valence-electron chi connectivity index (χ1n) is 9.67. The summed E-state index contributed by atoms with van der Waals surface area (Å²) in [5.74, 6) is 0.522. The molecule has 2 fully saturated rings. The van der Waals surface area contributed by atoms with Crippen molar-refractivity contribution < 1.29 is 13.9 Å². The predicted octanol–water partition coefficient (Wildman–Crippen LogP) is 4.14. The van der Waals surface area contributed by atoms with Crippen LogP contribution >= 0.6 is 0 Å². The van der Waals surface area contributed by atoms with Crippen LogP contribution in [0.1, 0.15) is 38.2 Å². The van der Waals surface area contributed by atoms with E-state index in [2.05, 4.69) is 20.1 Å². The average Bonchev–Trinajstić information content (AvgIpc) is 2.97. The average molecular weight is 395 g/mol. The molecule has 2 aliphatic heterocycles. The lowest BCUT2D eigenvalue weighted by atomic mass is 9.99. The van der Waals surface area contributed by atoms with Gasteiger partial charge < -0.3 is 15.0 Å². The van der Waals surface area contributed by atoms with Gasteiger partial charge in [-0.05, 0) is 31.9 Å². The number of piperidine rings is 1. The molecule has 1 unspecified atom stereocenters. The lowest BCUT2D eigenvalue weighted by Crippen LogP contribution is -2.48. The molecule has 0 saturated carbocycles. The van der Waals surface area contributed by atoms with Gasteiger partial charge in [0.25, 0.3) is 0 Å². The normalized spacial score (nSPS) is 22.8. The molecular weight excluding hydrogens is 373 g/mol. The Morgan fingerprint density at radius 3 is 2.66 bits per heavy atom. The second-order valence-corrected chi connectivity index (χ2v) is 7.58. The number of anilines is 2. The van der Waals surface area contributed by atoms with Gasteiger partial charge >= 0.3 is 0 Å². The van der Waals surface area contributed by atoms with Crippen LogP contribution in [0.25, 0.3) is 4.85 Å². The molecule has 29 heavy (non-hydrogen) atoms. The summed E-state index contributed by atoms with van der Waals surface area (Å²) in [6.45, 7) is 10.4. The molecule has 2 aromatic rings. The molecule has 0 spiro atoms. The molecule has 1 N–H and O–H groups in total. The van der Waals surface area contributed by atoms with Crippen molar-refractivity contribution >= 4 is 23.1 Å². The number of carbonyl (C=O) groups excluding carboxylic acids is 1. The fourth-order valence-electron chi connectivity index (χ4n) is 4.38. The zero-order chi connectivity index (χ0) is 20.5. The van der Waals surface area contributed by atoms with Crippen LogP contribution in [0.3, 0.4) is 0 Å². The molecule has 8 heteroatoms. The second-order valence-electron chi connectivity index (χ2n) is 7.58. The monoisotopic (exact) mass is 395 g/mol. The Balaban J connectivity index is 1.49. The van der Waals surface area contributed by atoms with Gasteiger partial charge in [0, 0.05) is 31.8 Å². The van der Waals surface area contributed by atoms with Gasteiger partial charge in [0.15, 0.2) is 5.69 Å². The van der Waals surface area contributed by atoms with E-state index in [1.807, 2.05) is 11.8 Å². The van der Waals surface area contributed by atoms with E-state index in [1.54, 1.807) is 13.0 Å². The minimum atomic E-state index is -0.521. The number of hydrogen-bond donors (Lipinski definition) is 1. The number of nitrogens with zero attached hydrogens (tertiary/aromatic N) is 4. The van der Waals surface area contributed by atoms with Crippen LogP contribution in [0.5, 0.6) is 5.88 Å². The number of nitrogens with one attached hydrogen (secondary N) is 1. The van der Waals surface area contributed by atoms with E-state index in [4.69, 9.17) is 11.3 Å². The van der Waals surface area contributed by atoms with Crippen molar-refractivity contribution in [3.63, 3.8) is 0 Å². The quantitative estimate of drug-likeness (QED) is 0.788. The second kappa shape index (κ2) is 7.66.